The summed E-state index contributed by atoms with van der Waals surface area (Å²) in [6, 6.07) is 0.569. The Bertz CT molecular complexity index is 358. The number of rotatable bonds is 4. The molecule has 0 bridgehead atoms. The smallest absolute Gasteiger partial charge is 0.279 e. The van der Waals surface area contributed by atoms with E-state index in [0.29, 0.717) is 19.1 Å². The normalized spacial score (nSPS) is 31.6. The van der Waals surface area contributed by atoms with Crippen molar-refractivity contribution in [2.75, 3.05) is 26.2 Å². The van der Waals surface area contributed by atoms with Crippen molar-refractivity contribution in [2.24, 2.45) is 0 Å². The molecule has 2 saturated heterocycles. The van der Waals surface area contributed by atoms with Crippen molar-refractivity contribution < 1.29 is 8.42 Å². The zero-order valence-electron chi connectivity index (χ0n) is 10.7. The number of nitrogens with one attached hydrogen (secondary N) is 1. The summed E-state index contributed by atoms with van der Waals surface area (Å²) < 4.78 is 28.6. The van der Waals surface area contributed by atoms with E-state index in [0.717, 1.165) is 25.9 Å². The molecule has 0 spiro atoms. The summed E-state index contributed by atoms with van der Waals surface area (Å²) in [5.41, 5.74) is 0. The fourth-order valence-electron chi connectivity index (χ4n) is 2.95. The van der Waals surface area contributed by atoms with Crippen LogP contribution in [0.4, 0.5) is 0 Å². The highest BCUT2D eigenvalue weighted by molar-refractivity contribution is 7.87. The molecule has 2 fully saturated rings. The standard InChI is InChI=1S/C11H23N3O2S/c1-3-10-8-13-7-5-6-11(13)9-14(10)17(15,16)12-4-2/h10-12H,3-9H2,1-2H3/t10-,11+/m0/s1. The van der Waals surface area contributed by atoms with Crippen molar-refractivity contribution in [3.63, 3.8) is 0 Å². The monoisotopic (exact) mass is 261 g/mol. The Morgan fingerprint density at radius 3 is 2.71 bits per heavy atom. The molecule has 5 nitrogen and oxygen atoms in total. The van der Waals surface area contributed by atoms with Crippen LogP contribution in [0.25, 0.3) is 0 Å². The molecule has 2 aliphatic rings. The molecule has 2 heterocycles. The van der Waals surface area contributed by atoms with Crippen LogP contribution in [0.5, 0.6) is 0 Å². The zero-order chi connectivity index (χ0) is 12.5. The first-order valence-corrected chi connectivity index (χ1v) is 8.03. The summed E-state index contributed by atoms with van der Waals surface area (Å²) in [4.78, 5) is 2.45. The van der Waals surface area contributed by atoms with E-state index in [1.807, 2.05) is 6.92 Å². The minimum Gasteiger partial charge on any atom is -0.297 e. The Morgan fingerprint density at radius 2 is 2.06 bits per heavy atom. The van der Waals surface area contributed by atoms with Crippen LogP contribution >= 0.6 is 0 Å². The van der Waals surface area contributed by atoms with Crippen LogP contribution in [-0.2, 0) is 10.2 Å². The average molecular weight is 261 g/mol. The van der Waals surface area contributed by atoms with E-state index in [-0.39, 0.29) is 6.04 Å². The quantitative estimate of drug-likeness (QED) is 0.797. The summed E-state index contributed by atoms with van der Waals surface area (Å²) in [7, 11) is -3.28. The van der Waals surface area contributed by atoms with Gasteiger partial charge in [-0.2, -0.15) is 12.7 Å². The van der Waals surface area contributed by atoms with E-state index in [2.05, 4.69) is 16.5 Å². The molecule has 0 unspecified atom stereocenters. The van der Waals surface area contributed by atoms with Gasteiger partial charge < -0.3 is 0 Å². The Hall–Kier alpha value is -0.170. The van der Waals surface area contributed by atoms with Crippen molar-refractivity contribution in [2.45, 2.75) is 45.2 Å². The minimum absolute atomic E-state index is 0.133. The molecule has 2 atom stereocenters. The largest absolute Gasteiger partial charge is 0.297 e. The van der Waals surface area contributed by atoms with Gasteiger partial charge in [-0.1, -0.05) is 13.8 Å². The van der Waals surface area contributed by atoms with Crippen LogP contribution in [0.3, 0.4) is 0 Å². The van der Waals surface area contributed by atoms with Gasteiger partial charge in [-0.25, -0.2) is 4.72 Å². The molecule has 2 aliphatic heterocycles. The molecule has 1 N–H and O–H groups in total. The maximum Gasteiger partial charge on any atom is 0.279 e. The minimum atomic E-state index is -3.28. The van der Waals surface area contributed by atoms with Gasteiger partial charge in [0, 0.05) is 31.7 Å². The molecule has 0 radical (unpaired) electrons. The summed E-state index contributed by atoms with van der Waals surface area (Å²) in [5, 5.41) is 0. The van der Waals surface area contributed by atoms with Gasteiger partial charge in [-0.15, -0.1) is 0 Å². The summed E-state index contributed by atoms with van der Waals surface area (Å²) in [5.74, 6) is 0. The molecule has 0 amide bonds. The highest BCUT2D eigenvalue weighted by Gasteiger charge is 2.40. The molecule has 6 heteroatoms. The predicted molar refractivity (Wildman–Crippen MR) is 68.0 cm³/mol. The Labute approximate surface area is 104 Å². The van der Waals surface area contributed by atoms with Crippen LogP contribution in [0.15, 0.2) is 0 Å². The number of fused-ring (bicyclic) bond motifs is 1. The molecule has 2 rings (SSSR count). The third kappa shape index (κ3) is 2.65. The number of hydrogen-bond donors (Lipinski definition) is 1. The van der Waals surface area contributed by atoms with Crippen LogP contribution in [0.1, 0.15) is 33.1 Å². The molecule has 100 valence electrons. The summed E-state index contributed by atoms with van der Waals surface area (Å²) in [6.45, 7) is 7.04. The second-order valence-corrected chi connectivity index (χ2v) is 6.63. The van der Waals surface area contributed by atoms with Gasteiger partial charge in [0.05, 0.1) is 0 Å². The van der Waals surface area contributed by atoms with E-state index >= 15 is 0 Å². The lowest BCUT2D eigenvalue weighted by Crippen LogP contribution is -2.59. The lowest BCUT2D eigenvalue weighted by molar-refractivity contribution is 0.105. The van der Waals surface area contributed by atoms with E-state index in [1.165, 1.54) is 6.42 Å². The Balaban J connectivity index is 2.14. The lowest BCUT2D eigenvalue weighted by atomic mass is 10.1. The van der Waals surface area contributed by atoms with Gasteiger partial charge in [0.1, 0.15) is 0 Å². The van der Waals surface area contributed by atoms with Gasteiger partial charge >= 0.3 is 0 Å². The van der Waals surface area contributed by atoms with Gasteiger partial charge in [0.25, 0.3) is 10.2 Å². The first-order valence-electron chi connectivity index (χ1n) is 6.59. The molecule has 0 aromatic rings. The lowest BCUT2D eigenvalue weighted by Gasteiger charge is -2.42. The third-order valence-electron chi connectivity index (χ3n) is 3.85. The maximum atomic E-state index is 12.1. The zero-order valence-corrected chi connectivity index (χ0v) is 11.5. The van der Waals surface area contributed by atoms with Crippen molar-refractivity contribution in [3.05, 3.63) is 0 Å². The van der Waals surface area contributed by atoms with Crippen molar-refractivity contribution in [1.29, 1.82) is 0 Å². The van der Waals surface area contributed by atoms with E-state index in [9.17, 15) is 8.42 Å². The van der Waals surface area contributed by atoms with Crippen molar-refractivity contribution in [3.8, 4) is 0 Å². The van der Waals surface area contributed by atoms with Gasteiger partial charge in [0.15, 0.2) is 0 Å². The van der Waals surface area contributed by atoms with Gasteiger partial charge in [0.2, 0.25) is 0 Å². The fourth-order valence-corrected chi connectivity index (χ4v) is 4.46. The first kappa shape index (κ1) is 13.3. The summed E-state index contributed by atoms with van der Waals surface area (Å²) in [6.07, 6.45) is 3.22. The second-order valence-electron chi connectivity index (χ2n) is 4.93. The maximum absolute atomic E-state index is 12.1. The van der Waals surface area contributed by atoms with Gasteiger partial charge in [-0.3, -0.25) is 4.90 Å². The van der Waals surface area contributed by atoms with E-state index in [4.69, 9.17) is 0 Å². The van der Waals surface area contributed by atoms with Crippen LogP contribution in [-0.4, -0.2) is 55.9 Å². The molecule has 0 aromatic carbocycles. The average Bonchev–Trinajstić information content (AvgIpc) is 2.74. The molecule has 0 aliphatic carbocycles. The second kappa shape index (κ2) is 5.22. The highest BCUT2D eigenvalue weighted by Crippen LogP contribution is 2.27. The Morgan fingerprint density at radius 1 is 1.29 bits per heavy atom. The summed E-state index contributed by atoms with van der Waals surface area (Å²) >= 11 is 0. The molecule has 0 aromatic heterocycles. The first-order chi connectivity index (χ1) is 8.08. The third-order valence-corrected chi connectivity index (χ3v) is 5.57. The number of hydrogen-bond acceptors (Lipinski definition) is 3. The predicted octanol–water partition coefficient (Wildman–Crippen LogP) is 0.399. The number of piperazine rings is 1. The number of nitrogens with zero attached hydrogens (tertiary/aromatic N) is 2. The van der Waals surface area contributed by atoms with Gasteiger partial charge in [-0.05, 0) is 25.8 Å². The van der Waals surface area contributed by atoms with Crippen LogP contribution in [0.2, 0.25) is 0 Å². The van der Waals surface area contributed by atoms with Crippen LogP contribution < -0.4 is 4.72 Å². The van der Waals surface area contributed by atoms with E-state index in [1.54, 1.807) is 4.31 Å². The molecular weight excluding hydrogens is 238 g/mol. The van der Waals surface area contributed by atoms with E-state index < -0.39 is 10.2 Å². The molecule has 0 saturated carbocycles. The van der Waals surface area contributed by atoms with Crippen LogP contribution in [0, 0.1) is 0 Å². The molecule has 17 heavy (non-hydrogen) atoms. The van der Waals surface area contributed by atoms with Crippen molar-refractivity contribution >= 4 is 10.2 Å². The highest BCUT2D eigenvalue weighted by atomic mass is 32.2. The SMILES string of the molecule is CCNS(=O)(=O)N1C[C@H]2CCCN2C[C@@H]1CC. The van der Waals surface area contributed by atoms with Crippen molar-refractivity contribution in [1.82, 2.24) is 13.9 Å². The Kier molecular flexibility index (Phi) is 4.07. The molecular formula is C11H23N3O2S. The fraction of sp³-hybridized carbons (Fsp3) is 1.00. The topological polar surface area (TPSA) is 52.7 Å².